The number of likely N-dealkylation sites (tertiary alicyclic amines) is 1. The second-order valence-electron chi connectivity index (χ2n) is 7.19. The van der Waals surface area contributed by atoms with Crippen LogP contribution in [-0.4, -0.2) is 34.8 Å². The molecule has 0 radical (unpaired) electrons. The van der Waals surface area contributed by atoms with Crippen molar-refractivity contribution in [3.63, 3.8) is 0 Å². The number of rotatable bonds is 6. The van der Waals surface area contributed by atoms with E-state index in [1.165, 1.54) is 12.3 Å². The molecule has 1 aromatic heterocycles. The number of nitrogens with zero attached hydrogens (tertiary/aromatic N) is 2. The van der Waals surface area contributed by atoms with E-state index in [0.29, 0.717) is 37.1 Å². The van der Waals surface area contributed by atoms with Crippen LogP contribution in [0.3, 0.4) is 0 Å². The van der Waals surface area contributed by atoms with Gasteiger partial charge in [-0.1, -0.05) is 17.7 Å². The highest BCUT2D eigenvalue weighted by atomic mass is 35.5. The number of nitrogens with one attached hydrogen (secondary N) is 1. The first-order valence-corrected chi connectivity index (χ1v) is 9.91. The van der Waals surface area contributed by atoms with Crippen LogP contribution >= 0.6 is 11.6 Å². The summed E-state index contributed by atoms with van der Waals surface area (Å²) in [5.41, 5.74) is 1.01. The number of carbonyl (C=O) groups excluding carboxylic acids is 2. The maximum absolute atomic E-state index is 13.2. The number of amides is 2. The van der Waals surface area contributed by atoms with Crippen molar-refractivity contribution >= 4 is 23.4 Å². The van der Waals surface area contributed by atoms with Gasteiger partial charge in [0.1, 0.15) is 5.15 Å². The maximum atomic E-state index is 13.2. The van der Waals surface area contributed by atoms with Gasteiger partial charge in [-0.25, -0.2) is 13.8 Å². The summed E-state index contributed by atoms with van der Waals surface area (Å²) < 4.78 is 26.2. The van der Waals surface area contributed by atoms with E-state index in [4.69, 9.17) is 11.6 Å². The van der Waals surface area contributed by atoms with Crippen molar-refractivity contribution in [1.82, 2.24) is 15.2 Å². The first-order valence-electron chi connectivity index (χ1n) is 9.54. The molecule has 3 rings (SSSR count). The van der Waals surface area contributed by atoms with Crippen LogP contribution in [0.15, 0.2) is 36.5 Å². The zero-order chi connectivity index (χ0) is 20.8. The van der Waals surface area contributed by atoms with Gasteiger partial charge >= 0.3 is 0 Å². The molecule has 2 aromatic rings. The van der Waals surface area contributed by atoms with Crippen LogP contribution in [0, 0.1) is 17.6 Å². The van der Waals surface area contributed by atoms with Crippen LogP contribution in [0.5, 0.6) is 0 Å². The monoisotopic (exact) mass is 421 g/mol. The van der Waals surface area contributed by atoms with Crippen LogP contribution in [0.2, 0.25) is 5.15 Å². The fraction of sp³-hybridized carbons (Fsp3) is 0.381. The molecule has 2 heterocycles. The van der Waals surface area contributed by atoms with Crippen molar-refractivity contribution in [2.75, 3.05) is 13.1 Å². The summed E-state index contributed by atoms with van der Waals surface area (Å²) in [4.78, 5) is 30.4. The molecular weight excluding hydrogens is 400 g/mol. The predicted octanol–water partition coefficient (Wildman–Crippen LogP) is 3.96. The first-order chi connectivity index (χ1) is 13.9. The SMILES string of the molecule is O=C(CCC1CCCN(C(=O)c2ccnc(Cl)c2)C1)NCc1ccc(F)c(F)c1. The average molecular weight is 422 g/mol. The topological polar surface area (TPSA) is 62.3 Å². The number of aromatic nitrogens is 1. The molecule has 0 spiro atoms. The number of hydrogen-bond acceptors (Lipinski definition) is 3. The first kappa shape index (κ1) is 21.2. The molecule has 1 atom stereocenters. The summed E-state index contributed by atoms with van der Waals surface area (Å²) in [5, 5.41) is 3.00. The Morgan fingerprint density at radius 2 is 2.03 bits per heavy atom. The number of pyridine rings is 1. The van der Waals surface area contributed by atoms with Crippen LogP contribution < -0.4 is 5.32 Å². The molecule has 2 amide bonds. The van der Waals surface area contributed by atoms with Gasteiger partial charge in [0.2, 0.25) is 5.91 Å². The van der Waals surface area contributed by atoms with Gasteiger partial charge in [-0.3, -0.25) is 9.59 Å². The molecule has 5 nitrogen and oxygen atoms in total. The highest BCUT2D eigenvalue weighted by Crippen LogP contribution is 2.23. The minimum atomic E-state index is -0.931. The third kappa shape index (κ3) is 5.97. The molecule has 0 saturated carbocycles. The Balaban J connectivity index is 1.45. The van der Waals surface area contributed by atoms with Gasteiger partial charge in [-0.15, -0.1) is 0 Å². The van der Waals surface area contributed by atoms with E-state index < -0.39 is 11.6 Å². The fourth-order valence-electron chi connectivity index (χ4n) is 3.48. The fourth-order valence-corrected chi connectivity index (χ4v) is 3.65. The van der Waals surface area contributed by atoms with Crippen molar-refractivity contribution in [3.8, 4) is 0 Å². The van der Waals surface area contributed by atoms with Crippen LogP contribution in [0.1, 0.15) is 41.6 Å². The number of piperidine rings is 1. The van der Waals surface area contributed by atoms with Gasteiger partial charge in [-0.05, 0) is 55.0 Å². The third-order valence-corrected chi connectivity index (χ3v) is 5.24. The lowest BCUT2D eigenvalue weighted by molar-refractivity contribution is -0.121. The maximum Gasteiger partial charge on any atom is 0.254 e. The number of halogens is 3. The lowest BCUT2D eigenvalue weighted by atomic mass is 9.93. The lowest BCUT2D eigenvalue weighted by Crippen LogP contribution is -2.40. The van der Waals surface area contributed by atoms with Gasteiger partial charge in [0.25, 0.3) is 5.91 Å². The Morgan fingerprint density at radius 1 is 1.21 bits per heavy atom. The van der Waals surface area contributed by atoms with Crippen molar-refractivity contribution < 1.29 is 18.4 Å². The predicted molar refractivity (Wildman–Crippen MR) is 105 cm³/mol. The van der Waals surface area contributed by atoms with Crippen LogP contribution in [0.4, 0.5) is 8.78 Å². The molecule has 1 N–H and O–H groups in total. The van der Waals surface area contributed by atoms with E-state index in [9.17, 15) is 18.4 Å². The smallest absolute Gasteiger partial charge is 0.254 e. The Bertz CT molecular complexity index is 894. The highest BCUT2D eigenvalue weighted by molar-refractivity contribution is 6.29. The minimum Gasteiger partial charge on any atom is -0.352 e. The van der Waals surface area contributed by atoms with E-state index in [1.807, 2.05) is 0 Å². The average Bonchev–Trinajstić information content (AvgIpc) is 2.72. The summed E-state index contributed by atoms with van der Waals surface area (Å²) in [5.74, 6) is -1.84. The normalized spacial score (nSPS) is 16.5. The van der Waals surface area contributed by atoms with Crippen molar-refractivity contribution in [3.05, 3.63) is 64.4 Å². The second-order valence-corrected chi connectivity index (χ2v) is 7.58. The quantitative estimate of drug-likeness (QED) is 0.718. The Hall–Kier alpha value is -2.54. The summed E-state index contributed by atoms with van der Waals surface area (Å²) >= 11 is 5.87. The van der Waals surface area contributed by atoms with E-state index in [1.54, 1.807) is 17.0 Å². The Labute approximate surface area is 173 Å². The zero-order valence-electron chi connectivity index (χ0n) is 15.8. The standard InChI is InChI=1S/C21H22ClF2N3O2/c22-19-11-16(7-8-25-19)21(29)27-9-1-2-14(13-27)4-6-20(28)26-12-15-3-5-17(23)18(24)10-15/h3,5,7-8,10-11,14H,1-2,4,6,9,12-13H2,(H,26,28). The molecule has 1 aliphatic heterocycles. The Kier molecular flexibility index (Phi) is 7.14. The van der Waals surface area contributed by atoms with Crippen LogP contribution in [0.25, 0.3) is 0 Å². The summed E-state index contributed by atoms with van der Waals surface area (Å²) in [6.07, 6.45) is 4.32. The largest absolute Gasteiger partial charge is 0.352 e. The van der Waals surface area contributed by atoms with Gasteiger partial charge in [0, 0.05) is 37.8 Å². The molecule has 0 bridgehead atoms. The second kappa shape index (κ2) is 9.78. The van der Waals surface area contributed by atoms with Gasteiger partial charge < -0.3 is 10.2 Å². The minimum absolute atomic E-state index is 0.0817. The molecule has 1 unspecified atom stereocenters. The van der Waals surface area contributed by atoms with Gasteiger partial charge in [0.05, 0.1) is 0 Å². The lowest BCUT2D eigenvalue weighted by Gasteiger charge is -2.32. The van der Waals surface area contributed by atoms with E-state index in [0.717, 1.165) is 25.0 Å². The zero-order valence-corrected chi connectivity index (χ0v) is 16.6. The molecule has 1 saturated heterocycles. The van der Waals surface area contributed by atoms with Gasteiger partial charge in [-0.2, -0.15) is 0 Å². The van der Waals surface area contributed by atoms with E-state index in [2.05, 4.69) is 10.3 Å². The van der Waals surface area contributed by atoms with Crippen molar-refractivity contribution in [1.29, 1.82) is 0 Å². The summed E-state index contributed by atoms with van der Waals surface area (Å²) in [6.45, 7) is 1.42. The highest BCUT2D eigenvalue weighted by Gasteiger charge is 2.25. The van der Waals surface area contributed by atoms with Crippen LogP contribution in [-0.2, 0) is 11.3 Å². The van der Waals surface area contributed by atoms with E-state index >= 15 is 0 Å². The number of carbonyl (C=O) groups is 2. The molecule has 1 fully saturated rings. The Morgan fingerprint density at radius 3 is 2.79 bits per heavy atom. The molecule has 1 aliphatic rings. The van der Waals surface area contributed by atoms with Gasteiger partial charge in [0.15, 0.2) is 11.6 Å². The molecular formula is C21H22ClF2N3O2. The molecule has 29 heavy (non-hydrogen) atoms. The molecule has 154 valence electrons. The third-order valence-electron chi connectivity index (χ3n) is 5.03. The molecule has 8 heteroatoms. The molecule has 1 aromatic carbocycles. The van der Waals surface area contributed by atoms with E-state index in [-0.39, 0.29) is 29.4 Å². The number of hydrogen-bond donors (Lipinski definition) is 1. The van der Waals surface area contributed by atoms with Crippen molar-refractivity contribution in [2.45, 2.75) is 32.2 Å². The summed E-state index contributed by atoms with van der Waals surface area (Å²) in [6, 6.07) is 6.75. The molecule has 0 aliphatic carbocycles. The summed E-state index contributed by atoms with van der Waals surface area (Å²) in [7, 11) is 0. The van der Waals surface area contributed by atoms with Crippen molar-refractivity contribution in [2.24, 2.45) is 5.92 Å². The number of benzene rings is 1.